The molecule has 1 atom stereocenters. The fourth-order valence-corrected chi connectivity index (χ4v) is 3.94. The van der Waals surface area contributed by atoms with E-state index in [4.69, 9.17) is 4.74 Å². The number of benzene rings is 1. The molecule has 0 radical (unpaired) electrons. The van der Waals surface area contributed by atoms with Crippen LogP contribution in [0.4, 0.5) is 5.69 Å². The normalized spacial score (nSPS) is 26.5. The number of rotatable bonds is 3. The maximum Gasteiger partial charge on any atom is 0.121 e. The average Bonchev–Trinajstić information content (AvgIpc) is 2.85. The van der Waals surface area contributed by atoms with Gasteiger partial charge >= 0.3 is 0 Å². The van der Waals surface area contributed by atoms with E-state index < -0.39 is 0 Å². The predicted octanol–water partition coefficient (Wildman–Crippen LogP) is 3.57. The Bertz CT molecular complexity index is 427. The lowest BCUT2D eigenvalue weighted by molar-refractivity contribution is 0.170. The molecule has 3 heteroatoms. The van der Waals surface area contributed by atoms with Crippen molar-refractivity contribution in [3.63, 3.8) is 0 Å². The van der Waals surface area contributed by atoms with E-state index >= 15 is 0 Å². The number of hydrogen-bond donors (Lipinski definition) is 1. The highest BCUT2D eigenvalue weighted by atomic mass is 32.2. The molecule has 1 aromatic carbocycles. The summed E-state index contributed by atoms with van der Waals surface area (Å²) in [6.07, 6.45) is 3.77. The highest BCUT2D eigenvalue weighted by Gasteiger charge is 2.28. The van der Waals surface area contributed by atoms with E-state index in [0.717, 1.165) is 25.3 Å². The van der Waals surface area contributed by atoms with Crippen molar-refractivity contribution >= 4 is 17.4 Å². The van der Waals surface area contributed by atoms with Crippen molar-refractivity contribution in [1.29, 1.82) is 0 Å². The van der Waals surface area contributed by atoms with E-state index in [9.17, 15) is 0 Å². The summed E-state index contributed by atoms with van der Waals surface area (Å²) in [5, 5.41) is 3.40. The van der Waals surface area contributed by atoms with Gasteiger partial charge in [-0.25, -0.2) is 0 Å². The zero-order chi connectivity index (χ0) is 12.4. The third-order valence-corrected chi connectivity index (χ3v) is 5.38. The molecular formula is C15H21NOS. The Labute approximate surface area is 113 Å². The molecule has 2 nitrogen and oxygen atoms in total. The second-order valence-electron chi connectivity index (χ2n) is 5.75. The molecule has 2 aliphatic rings. The van der Waals surface area contributed by atoms with Crippen LogP contribution in [-0.4, -0.2) is 24.7 Å². The van der Waals surface area contributed by atoms with Crippen LogP contribution < -0.4 is 10.1 Å². The van der Waals surface area contributed by atoms with Crippen LogP contribution in [0.5, 0.6) is 5.75 Å². The van der Waals surface area contributed by atoms with E-state index in [-0.39, 0.29) is 0 Å². The van der Waals surface area contributed by atoms with Crippen molar-refractivity contribution < 1.29 is 4.74 Å². The van der Waals surface area contributed by atoms with Crippen molar-refractivity contribution in [1.82, 2.24) is 0 Å². The molecule has 0 amide bonds. The van der Waals surface area contributed by atoms with Gasteiger partial charge in [-0.2, -0.15) is 11.8 Å². The molecule has 1 saturated heterocycles. The molecule has 1 unspecified atom stereocenters. The quantitative estimate of drug-likeness (QED) is 0.901. The molecular weight excluding hydrogens is 242 g/mol. The summed E-state index contributed by atoms with van der Waals surface area (Å²) in [5.74, 6) is 3.56. The summed E-state index contributed by atoms with van der Waals surface area (Å²) in [5.41, 5.74) is 3.03. The second kappa shape index (κ2) is 5.04. The summed E-state index contributed by atoms with van der Waals surface area (Å²) in [6.45, 7) is 4.26. The van der Waals surface area contributed by atoms with E-state index in [1.807, 2.05) is 0 Å². The summed E-state index contributed by atoms with van der Waals surface area (Å²) < 4.78 is 6.02. The van der Waals surface area contributed by atoms with Gasteiger partial charge in [-0.15, -0.1) is 0 Å². The first-order valence-corrected chi connectivity index (χ1v) is 7.98. The number of thioether (sulfide) groups is 1. The van der Waals surface area contributed by atoms with Crippen molar-refractivity contribution in [3.05, 3.63) is 23.8 Å². The third kappa shape index (κ3) is 2.61. The fourth-order valence-electron chi connectivity index (χ4n) is 2.72. The van der Waals surface area contributed by atoms with Crippen LogP contribution in [0.2, 0.25) is 0 Å². The van der Waals surface area contributed by atoms with Crippen molar-refractivity contribution in [3.8, 4) is 5.75 Å². The molecule has 18 heavy (non-hydrogen) atoms. The number of fused-ring (bicyclic) bond motifs is 1. The maximum absolute atomic E-state index is 6.02. The smallest absolute Gasteiger partial charge is 0.121 e. The van der Waals surface area contributed by atoms with Crippen LogP contribution in [0.25, 0.3) is 0 Å². The summed E-state index contributed by atoms with van der Waals surface area (Å²) in [4.78, 5) is 0. The first-order valence-electron chi connectivity index (χ1n) is 6.83. The van der Waals surface area contributed by atoms with Gasteiger partial charge in [0.2, 0.25) is 0 Å². The second-order valence-corrected chi connectivity index (χ2v) is 6.86. The molecule has 0 saturated carbocycles. The van der Waals surface area contributed by atoms with Gasteiger partial charge in [0, 0.05) is 29.5 Å². The van der Waals surface area contributed by atoms with Crippen LogP contribution in [-0.2, 0) is 6.42 Å². The molecule has 98 valence electrons. The highest BCUT2D eigenvalue weighted by Crippen LogP contribution is 2.35. The minimum atomic E-state index is 0.357. The Kier molecular flexibility index (Phi) is 3.42. The molecule has 0 aromatic heterocycles. The van der Waals surface area contributed by atoms with Gasteiger partial charge in [-0.1, -0.05) is 13.0 Å². The molecule has 0 bridgehead atoms. The zero-order valence-electron chi connectivity index (χ0n) is 11.0. The minimum absolute atomic E-state index is 0.357. The van der Waals surface area contributed by atoms with Gasteiger partial charge in [0.25, 0.3) is 0 Å². The van der Waals surface area contributed by atoms with Crippen LogP contribution >= 0.6 is 11.8 Å². The largest absolute Gasteiger partial charge is 0.493 e. The maximum atomic E-state index is 6.02. The summed E-state index contributed by atoms with van der Waals surface area (Å²) in [7, 11) is 0. The van der Waals surface area contributed by atoms with E-state index in [0.29, 0.717) is 5.41 Å². The van der Waals surface area contributed by atoms with E-state index in [1.165, 1.54) is 35.6 Å². The van der Waals surface area contributed by atoms with Crippen LogP contribution in [0.15, 0.2) is 18.2 Å². The standard InChI is InChI=1S/C15H21NOS/c1-15(6-2-8-18-11-15)10-17-13-4-3-12-5-7-16-14(12)9-13/h3-4,9,16H,2,5-8,10-11H2,1H3. The third-order valence-electron chi connectivity index (χ3n) is 3.90. The van der Waals surface area contributed by atoms with Gasteiger partial charge in [0.1, 0.15) is 5.75 Å². The zero-order valence-corrected chi connectivity index (χ0v) is 11.8. The fraction of sp³-hybridized carbons (Fsp3) is 0.600. The molecule has 1 fully saturated rings. The first-order chi connectivity index (χ1) is 8.75. The number of anilines is 1. The van der Waals surface area contributed by atoms with Crippen LogP contribution in [0.1, 0.15) is 25.3 Å². The van der Waals surface area contributed by atoms with Gasteiger partial charge < -0.3 is 10.1 Å². The average molecular weight is 263 g/mol. The van der Waals surface area contributed by atoms with E-state index in [2.05, 4.69) is 42.2 Å². The Balaban J connectivity index is 1.62. The lowest BCUT2D eigenvalue weighted by atomic mass is 9.88. The Hall–Kier alpha value is -0.830. The summed E-state index contributed by atoms with van der Waals surface area (Å²) in [6, 6.07) is 6.47. The van der Waals surface area contributed by atoms with Gasteiger partial charge in [0.15, 0.2) is 0 Å². The number of ether oxygens (including phenoxy) is 1. The van der Waals surface area contributed by atoms with Crippen LogP contribution in [0.3, 0.4) is 0 Å². The number of hydrogen-bond acceptors (Lipinski definition) is 3. The highest BCUT2D eigenvalue weighted by molar-refractivity contribution is 7.99. The molecule has 2 aliphatic heterocycles. The van der Waals surface area contributed by atoms with Crippen molar-refractivity contribution in [2.75, 3.05) is 30.0 Å². The Morgan fingerprint density at radius 3 is 3.22 bits per heavy atom. The molecule has 0 aliphatic carbocycles. The van der Waals surface area contributed by atoms with Gasteiger partial charge in [-0.05, 0) is 36.6 Å². The Morgan fingerprint density at radius 1 is 1.44 bits per heavy atom. The van der Waals surface area contributed by atoms with Gasteiger partial charge in [-0.3, -0.25) is 0 Å². The molecule has 2 heterocycles. The lowest BCUT2D eigenvalue weighted by Crippen LogP contribution is -2.30. The SMILES string of the molecule is CC1(COc2ccc3c(c2)NCC3)CCCSC1. The van der Waals surface area contributed by atoms with Gasteiger partial charge in [0.05, 0.1) is 6.61 Å². The molecule has 1 aromatic rings. The van der Waals surface area contributed by atoms with Crippen molar-refractivity contribution in [2.24, 2.45) is 5.41 Å². The number of nitrogens with one attached hydrogen (secondary N) is 1. The monoisotopic (exact) mass is 263 g/mol. The van der Waals surface area contributed by atoms with Crippen molar-refractivity contribution in [2.45, 2.75) is 26.2 Å². The van der Waals surface area contributed by atoms with E-state index in [1.54, 1.807) is 0 Å². The van der Waals surface area contributed by atoms with Crippen LogP contribution in [0, 0.1) is 5.41 Å². The first kappa shape index (κ1) is 12.2. The molecule has 3 rings (SSSR count). The predicted molar refractivity (Wildman–Crippen MR) is 78.8 cm³/mol. The Morgan fingerprint density at radius 2 is 2.39 bits per heavy atom. The molecule has 0 spiro atoms. The summed E-state index contributed by atoms with van der Waals surface area (Å²) >= 11 is 2.06. The molecule has 1 N–H and O–H groups in total. The topological polar surface area (TPSA) is 21.3 Å². The lowest BCUT2D eigenvalue weighted by Gasteiger charge is -2.32. The minimum Gasteiger partial charge on any atom is -0.493 e.